The third-order valence-corrected chi connectivity index (χ3v) is 5.17. The van der Waals surface area contributed by atoms with Gasteiger partial charge >= 0.3 is 0 Å². The number of likely N-dealkylation sites (tertiary alicyclic amines) is 1. The minimum atomic E-state index is 0.211. The number of hydrogen-bond acceptors (Lipinski definition) is 3. The molecule has 1 aliphatic carbocycles. The van der Waals surface area contributed by atoms with Gasteiger partial charge in [-0.15, -0.1) is 0 Å². The van der Waals surface area contributed by atoms with E-state index in [-0.39, 0.29) is 5.92 Å². The van der Waals surface area contributed by atoms with Gasteiger partial charge in [0.05, 0.1) is 6.10 Å². The Bertz CT molecular complexity index is 465. The molecule has 0 aromatic heterocycles. The van der Waals surface area contributed by atoms with Crippen molar-refractivity contribution in [2.45, 2.75) is 44.2 Å². The second-order valence-corrected chi connectivity index (χ2v) is 6.37. The van der Waals surface area contributed by atoms with Gasteiger partial charge in [-0.3, -0.25) is 4.79 Å². The summed E-state index contributed by atoms with van der Waals surface area (Å²) in [5.74, 6) is 0.541. The molecule has 0 N–H and O–H groups in total. The second-order valence-electron chi connectivity index (χ2n) is 6.37. The van der Waals surface area contributed by atoms with Crippen molar-refractivity contribution in [2.75, 3.05) is 20.2 Å². The fourth-order valence-corrected chi connectivity index (χ4v) is 3.83. The molecule has 21 heavy (non-hydrogen) atoms. The van der Waals surface area contributed by atoms with Crippen LogP contribution in [0.3, 0.4) is 0 Å². The van der Waals surface area contributed by atoms with Crippen LogP contribution in [0.5, 0.6) is 0 Å². The van der Waals surface area contributed by atoms with Crippen LogP contribution in [0, 0.1) is 5.92 Å². The Kier molecular flexibility index (Phi) is 4.71. The normalized spacial score (nSPS) is 27.9. The minimum absolute atomic E-state index is 0.211. The van der Waals surface area contributed by atoms with Crippen LogP contribution in [0.2, 0.25) is 0 Å². The predicted molar refractivity (Wildman–Crippen MR) is 83.5 cm³/mol. The van der Waals surface area contributed by atoms with Gasteiger partial charge in [0.25, 0.3) is 0 Å². The maximum Gasteiger partial charge on any atom is 0.166 e. The molecular weight excluding hydrogens is 262 g/mol. The van der Waals surface area contributed by atoms with Gasteiger partial charge in [-0.05, 0) is 45.2 Å². The maximum atomic E-state index is 12.5. The minimum Gasteiger partial charge on any atom is -0.381 e. The highest BCUT2D eigenvalue weighted by Crippen LogP contribution is 2.30. The van der Waals surface area contributed by atoms with Gasteiger partial charge in [-0.25, -0.2) is 0 Å². The summed E-state index contributed by atoms with van der Waals surface area (Å²) in [5, 5.41) is 0. The smallest absolute Gasteiger partial charge is 0.166 e. The first-order valence-electron chi connectivity index (χ1n) is 8.14. The van der Waals surface area contributed by atoms with E-state index in [1.54, 1.807) is 0 Å². The average Bonchev–Trinajstić information content (AvgIpc) is 3.04. The average molecular weight is 287 g/mol. The largest absolute Gasteiger partial charge is 0.381 e. The lowest BCUT2D eigenvalue weighted by atomic mass is 9.88. The summed E-state index contributed by atoms with van der Waals surface area (Å²) in [4.78, 5) is 15.1. The molecule has 2 fully saturated rings. The van der Waals surface area contributed by atoms with Crippen LogP contribution in [0.1, 0.15) is 42.5 Å². The number of nitrogens with zero attached hydrogens (tertiary/aromatic N) is 1. The molecule has 3 heteroatoms. The zero-order valence-corrected chi connectivity index (χ0v) is 12.8. The van der Waals surface area contributed by atoms with E-state index in [0.29, 0.717) is 17.9 Å². The number of carbonyl (C=O) groups excluding carboxylic acids is 1. The molecule has 0 amide bonds. The van der Waals surface area contributed by atoms with Crippen molar-refractivity contribution >= 4 is 5.78 Å². The highest BCUT2D eigenvalue weighted by molar-refractivity contribution is 5.97. The molecule has 114 valence electrons. The number of methoxy groups -OCH3 is 1. The monoisotopic (exact) mass is 287 g/mol. The third-order valence-electron chi connectivity index (χ3n) is 5.17. The summed E-state index contributed by atoms with van der Waals surface area (Å²) < 4.78 is 5.47. The summed E-state index contributed by atoms with van der Waals surface area (Å²) >= 11 is 0. The Morgan fingerprint density at radius 1 is 1.10 bits per heavy atom. The molecule has 3 rings (SSSR count). The van der Waals surface area contributed by atoms with E-state index in [4.69, 9.17) is 4.74 Å². The lowest BCUT2D eigenvalue weighted by Gasteiger charge is -2.35. The Morgan fingerprint density at radius 2 is 1.81 bits per heavy atom. The number of benzene rings is 1. The first-order chi connectivity index (χ1) is 10.3. The van der Waals surface area contributed by atoms with Crippen LogP contribution in [-0.2, 0) is 4.74 Å². The highest BCUT2D eigenvalue weighted by Gasteiger charge is 2.33. The van der Waals surface area contributed by atoms with E-state index in [0.717, 1.165) is 37.9 Å². The Balaban J connectivity index is 1.52. The molecule has 1 aromatic rings. The summed E-state index contributed by atoms with van der Waals surface area (Å²) in [6.45, 7) is 2.12. The number of carbonyl (C=O) groups is 1. The molecule has 0 spiro atoms. The van der Waals surface area contributed by atoms with Crippen LogP contribution in [0.25, 0.3) is 0 Å². The fourth-order valence-electron chi connectivity index (χ4n) is 3.83. The molecule has 1 saturated carbocycles. The molecule has 2 aliphatic rings. The number of ketones is 1. The Labute approximate surface area is 127 Å². The van der Waals surface area contributed by atoms with Gasteiger partial charge in [0.15, 0.2) is 5.78 Å². The molecular formula is C18H25NO2. The van der Waals surface area contributed by atoms with E-state index < -0.39 is 0 Å². The zero-order chi connectivity index (χ0) is 14.7. The van der Waals surface area contributed by atoms with Crippen LogP contribution < -0.4 is 0 Å². The first kappa shape index (κ1) is 14.7. The lowest BCUT2D eigenvalue weighted by Crippen LogP contribution is -2.42. The second kappa shape index (κ2) is 6.71. The molecule has 3 nitrogen and oxygen atoms in total. The van der Waals surface area contributed by atoms with E-state index >= 15 is 0 Å². The SMILES string of the molecule is CO[C@@H]1CC[C@@H](N2CCC(C(=O)c3ccccc3)CC2)C1. The van der Waals surface area contributed by atoms with E-state index in [2.05, 4.69) is 4.90 Å². The molecule has 1 saturated heterocycles. The highest BCUT2D eigenvalue weighted by atomic mass is 16.5. The third kappa shape index (κ3) is 3.35. The Hall–Kier alpha value is -1.19. The van der Waals surface area contributed by atoms with E-state index in [1.807, 2.05) is 37.4 Å². The van der Waals surface area contributed by atoms with Gasteiger partial charge in [0.2, 0.25) is 0 Å². The number of ether oxygens (including phenoxy) is 1. The van der Waals surface area contributed by atoms with Crippen molar-refractivity contribution in [2.24, 2.45) is 5.92 Å². The van der Waals surface area contributed by atoms with E-state index in [9.17, 15) is 4.79 Å². The van der Waals surface area contributed by atoms with Crippen molar-refractivity contribution in [1.29, 1.82) is 0 Å². The molecule has 1 aliphatic heterocycles. The number of rotatable bonds is 4. The number of Topliss-reactive ketones (excluding diaryl/α,β-unsaturated/α-hetero) is 1. The van der Waals surface area contributed by atoms with Crippen molar-refractivity contribution in [3.8, 4) is 0 Å². The fraction of sp³-hybridized carbons (Fsp3) is 0.611. The van der Waals surface area contributed by atoms with Crippen molar-refractivity contribution < 1.29 is 9.53 Å². The zero-order valence-electron chi connectivity index (χ0n) is 12.8. The molecule has 1 aromatic carbocycles. The Morgan fingerprint density at radius 3 is 2.43 bits per heavy atom. The van der Waals surface area contributed by atoms with E-state index in [1.165, 1.54) is 12.8 Å². The lowest BCUT2D eigenvalue weighted by molar-refractivity contribution is 0.0732. The van der Waals surface area contributed by atoms with Gasteiger partial charge in [0.1, 0.15) is 0 Å². The van der Waals surface area contributed by atoms with Gasteiger partial charge in [0, 0.05) is 24.6 Å². The van der Waals surface area contributed by atoms with Gasteiger partial charge in [-0.1, -0.05) is 30.3 Å². The van der Waals surface area contributed by atoms with Gasteiger partial charge < -0.3 is 9.64 Å². The quantitative estimate of drug-likeness (QED) is 0.797. The van der Waals surface area contributed by atoms with Crippen LogP contribution >= 0.6 is 0 Å². The summed E-state index contributed by atoms with van der Waals surface area (Å²) in [5.41, 5.74) is 0.872. The molecule has 0 radical (unpaired) electrons. The van der Waals surface area contributed by atoms with Crippen LogP contribution in [0.4, 0.5) is 0 Å². The molecule has 0 bridgehead atoms. The molecule has 0 unspecified atom stereocenters. The predicted octanol–water partition coefficient (Wildman–Crippen LogP) is 3.15. The summed E-state index contributed by atoms with van der Waals surface area (Å²) in [6.07, 6.45) is 6.04. The van der Waals surface area contributed by atoms with Crippen molar-refractivity contribution in [1.82, 2.24) is 4.90 Å². The van der Waals surface area contributed by atoms with Crippen LogP contribution in [-0.4, -0.2) is 43.0 Å². The van der Waals surface area contributed by atoms with Gasteiger partial charge in [-0.2, -0.15) is 0 Å². The number of piperidine rings is 1. The van der Waals surface area contributed by atoms with Crippen molar-refractivity contribution in [3.63, 3.8) is 0 Å². The van der Waals surface area contributed by atoms with Crippen LogP contribution in [0.15, 0.2) is 30.3 Å². The molecule has 1 heterocycles. The van der Waals surface area contributed by atoms with Crippen molar-refractivity contribution in [3.05, 3.63) is 35.9 Å². The maximum absolute atomic E-state index is 12.5. The first-order valence-corrected chi connectivity index (χ1v) is 8.14. The number of hydrogen-bond donors (Lipinski definition) is 0. The standard InChI is InChI=1S/C18H25NO2/c1-21-17-8-7-16(13-17)19-11-9-15(10-12-19)18(20)14-5-3-2-4-6-14/h2-6,15-17H,7-13H2,1H3/t16-,17-/m1/s1. The molecule has 2 atom stereocenters. The summed E-state index contributed by atoms with van der Waals surface area (Å²) in [6, 6.07) is 10.4. The topological polar surface area (TPSA) is 29.5 Å². The summed E-state index contributed by atoms with van der Waals surface area (Å²) in [7, 11) is 1.82.